The lowest BCUT2D eigenvalue weighted by Gasteiger charge is -2.47. The van der Waals surface area contributed by atoms with E-state index in [2.05, 4.69) is 31.1 Å². The first-order valence-corrected chi connectivity index (χ1v) is 7.24. The predicted molar refractivity (Wildman–Crippen MR) is 72.7 cm³/mol. The summed E-state index contributed by atoms with van der Waals surface area (Å²) in [5.74, 6) is 0. The molecule has 4 heteroatoms. The molecule has 18 heavy (non-hydrogen) atoms. The van der Waals surface area contributed by atoms with Gasteiger partial charge in [0.1, 0.15) is 0 Å². The van der Waals surface area contributed by atoms with E-state index in [-0.39, 0.29) is 18.3 Å². The maximum Gasteiger partial charge on any atom is 0.0940 e. The Labute approximate surface area is 111 Å². The van der Waals surface area contributed by atoms with Crippen LogP contribution in [0.5, 0.6) is 0 Å². The number of morpholine rings is 1. The van der Waals surface area contributed by atoms with Crippen LogP contribution in [0, 0.1) is 0 Å². The average Bonchev–Trinajstić information content (AvgIpc) is 2.37. The molecule has 1 saturated carbocycles. The molecule has 0 aromatic rings. The lowest BCUT2D eigenvalue weighted by atomic mass is 9.89. The summed E-state index contributed by atoms with van der Waals surface area (Å²) in [6, 6.07) is 1.37. The van der Waals surface area contributed by atoms with Crippen LogP contribution in [0.3, 0.4) is 0 Å². The van der Waals surface area contributed by atoms with Gasteiger partial charge in [0.15, 0.2) is 0 Å². The number of nitrogens with zero attached hydrogens (tertiary/aromatic N) is 1. The molecule has 2 rings (SSSR count). The van der Waals surface area contributed by atoms with Gasteiger partial charge in [-0.1, -0.05) is 0 Å². The Kier molecular flexibility index (Phi) is 4.64. The van der Waals surface area contributed by atoms with Crippen LogP contribution in [0.1, 0.15) is 39.5 Å². The molecule has 4 nitrogen and oxygen atoms in total. The van der Waals surface area contributed by atoms with Crippen molar-refractivity contribution in [2.45, 2.75) is 63.3 Å². The highest BCUT2D eigenvalue weighted by atomic mass is 16.5. The zero-order chi connectivity index (χ0) is 13.2. The number of hydrogen-bond acceptors (Lipinski definition) is 4. The number of aliphatic hydroxyl groups excluding tert-OH is 1. The molecule has 1 aliphatic heterocycles. The number of ether oxygens (including phenoxy) is 1. The van der Waals surface area contributed by atoms with Crippen molar-refractivity contribution in [2.24, 2.45) is 0 Å². The third-order valence-electron chi connectivity index (χ3n) is 4.33. The number of aliphatic hydroxyl groups is 1. The van der Waals surface area contributed by atoms with Crippen LogP contribution < -0.4 is 5.32 Å². The van der Waals surface area contributed by atoms with Crippen LogP contribution in [0.2, 0.25) is 0 Å². The Balaban J connectivity index is 1.92. The summed E-state index contributed by atoms with van der Waals surface area (Å²) in [5, 5.41) is 12.7. The highest BCUT2D eigenvalue weighted by Crippen LogP contribution is 2.29. The summed E-state index contributed by atoms with van der Waals surface area (Å²) >= 11 is 0. The molecule has 1 aliphatic carbocycles. The van der Waals surface area contributed by atoms with Crippen molar-refractivity contribution in [3.63, 3.8) is 0 Å². The molecule has 0 amide bonds. The van der Waals surface area contributed by atoms with Crippen molar-refractivity contribution in [1.82, 2.24) is 10.2 Å². The van der Waals surface area contributed by atoms with E-state index >= 15 is 0 Å². The van der Waals surface area contributed by atoms with Crippen molar-refractivity contribution in [2.75, 3.05) is 26.7 Å². The Morgan fingerprint density at radius 3 is 2.50 bits per heavy atom. The fourth-order valence-electron chi connectivity index (χ4n) is 3.44. The second-order valence-electron chi connectivity index (χ2n) is 6.41. The van der Waals surface area contributed by atoms with E-state index in [9.17, 15) is 5.11 Å². The van der Waals surface area contributed by atoms with Crippen molar-refractivity contribution in [1.29, 1.82) is 0 Å². The van der Waals surface area contributed by atoms with E-state index in [0.29, 0.717) is 12.1 Å². The Morgan fingerprint density at radius 2 is 1.94 bits per heavy atom. The predicted octanol–water partition coefficient (Wildman–Crippen LogP) is 0.989. The zero-order valence-electron chi connectivity index (χ0n) is 12.0. The first-order valence-electron chi connectivity index (χ1n) is 7.24. The van der Waals surface area contributed by atoms with Crippen LogP contribution in [0.4, 0.5) is 0 Å². The second-order valence-corrected chi connectivity index (χ2v) is 6.41. The molecule has 2 aliphatic rings. The van der Waals surface area contributed by atoms with Gasteiger partial charge in [-0.3, -0.25) is 4.90 Å². The topological polar surface area (TPSA) is 44.7 Å². The van der Waals surface area contributed by atoms with E-state index in [0.717, 1.165) is 13.1 Å². The summed E-state index contributed by atoms with van der Waals surface area (Å²) in [4.78, 5) is 2.54. The van der Waals surface area contributed by atoms with Crippen LogP contribution in [-0.4, -0.2) is 60.5 Å². The van der Waals surface area contributed by atoms with E-state index in [1.165, 1.54) is 25.7 Å². The molecule has 0 aromatic heterocycles. The largest absolute Gasteiger partial charge is 0.394 e. The normalized spacial score (nSPS) is 37.7. The third kappa shape index (κ3) is 3.44. The molecule has 0 spiro atoms. The summed E-state index contributed by atoms with van der Waals surface area (Å²) in [6.45, 7) is 6.25. The monoisotopic (exact) mass is 256 g/mol. The molecule has 2 N–H and O–H groups in total. The molecule has 0 radical (unpaired) electrons. The average molecular weight is 256 g/mol. The molecule has 2 fully saturated rings. The smallest absolute Gasteiger partial charge is 0.0940 e. The van der Waals surface area contributed by atoms with E-state index < -0.39 is 0 Å². The summed E-state index contributed by atoms with van der Waals surface area (Å²) in [5.41, 5.74) is -0.133. The highest BCUT2D eigenvalue weighted by Gasteiger charge is 2.37. The van der Waals surface area contributed by atoms with Gasteiger partial charge < -0.3 is 15.2 Å². The van der Waals surface area contributed by atoms with E-state index in [1.54, 1.807) is 0 Å². The molecule has 0 aromatic carbocycles. The van der Waals surface area contributed by atoms with Gasteiger partial charge in [-0.15, -0.1) is 0 Å². The minimum atomic E-state index is -0.133. The van der Waals surface area contributed by atoms with Crippen LogP contribution in [0.15, 0.2) is 0 Å². The van der Waals surface area contributed by atoms with Gasteiger partial charge in [-0.2, -0.15) is 0 Å². The van der Waals surface area contributed by atoms with Gasteiger partial charge in [-0.05, 0) is 46.6 Å². The summed E-state index contributed by atoms with van der Waals surface area (Å²) in [6.07, 6.45) is 5.04. The number of rotatable bonds is 3. The van der Waals surface area contributed by atoms with Crippen molar-refractivity contribution < 1.29 is 9.84 Å². The van der Waals surface area contributed by atoms with E-state index in [1.807, 2.05) is 0 Å². The third-order valence-corrected chi connectivity index (χ3v) is 4.33. The number of hydrogen-bond donors (Lipinski definition) is 2. The van der Waals surface area contributed by atoms with E-state index in [4.69, 9.17) is 4.74 Å². The van der Waals surface area contributed by atoms with Gasteiger partial charge in [0.05, 0.1) is 18.3 Å². The van der Waals surface area contributed by atoms with Gasteiger partial charge in [-0.25, -0.2) is 0 Å². The van der Waals surface area contributed by atoms with Crippen LogP contribution >= 0.6 is 0 Å². The van der Waals surface area contributed by atoms with Gasteiger partial charge in [0.2, 0.25) is 0 Å². The molecular formula is C14H28N2O2. The van der Waals surface area contributed by atoms with Crippen molar-refractivity contribution in [3.8, 4) is 0 Å². The van der Waals surface area contributed by atoms with Crippen LogP contribution in [0.25, 0.3) is 0 Å². The SMILES string of the molecule is CNC1CCC(N2CC(CO)OC(C)(C)C2)CC1. The molecule has 1 atom stereocenters. The van der Waals surface area contributed by atoms with Gasteiger partial charge >= 0.3 is 0 Å². The Bertz CT molecular complexity index is 263. The fourth-order valence-corrected chi connectivity index (χ4v) is 3.44. The van der Waals surface area contributed by atoms with Gasteiger partial charge in [0.25, 0.3) is 0 Å². The lowest BCUT2D eigenvalue weighted by molar-refractivity contribution is -0.159. The quantitative estimate of drug-likeness (QED) is 0.790. The van der Waals surface area contributed by atoms with Gasteiger partial charge in [0, 0.05) is 25.2 Å². The number of nitrogens with one attached hydrogen (secondary N) is 1. The minimum Gasteiger partial charge on any atom is -0.394 e. The standard InChI is InChI=1S/C14H28N2O2/c1-14(2)10-16(8-13(9-17)18-14)12-6-4-11(15-3)5-7-12/h11-13,15,17H,4-10H2,1-3H3. The molecule has 106 valence electrons. The van der Waals surface area contributed by atoms with Crippen molar-refractivity contribution in [3.05, 3.63) is 0 Å². The zero-order valence-corrected chi connectivity index (χ0v) is 12.0. The Morgan fingerprint density at radius 1 is 1.28 bits per heavy atom. The molecule has 0 bridgehead atoms. The summed E-state index contributed by atoms with van der Waals surface area (Å²) < 4.78 is 5.88. The molecule has 1 unspecified atom stereocenters. The molecule has 1 heterocycles. The maximum atomic E-state index is 9.36. The minimum absolute atomic E-state index is 0.0178. The van der Waals surface area contributed by atoms with Crippen molar-refractivity contribution >= 4 is 0 Å². The Hall–Kier alpha value is -0.160. The molecule has 1 saturated heterocycles. The lowest BCUT2D eigenvalue weighted by Crippen LogP contribution is -2.57. The highest BCUT2D eigenvalue weighted by molar-refractivity contribution is 4.90. The first kappa shape index (κ1) is 14.3. The molecular weight excluding hydrogens is 228 g/mol. The summed E-state index contributed by atoms with van der Waals surface area (Å²) in [7, 11) is 2.06. The second kappa shape index (κ2) is 5.87. The van der Waals surface area contributed by atoms with Crippen LogP contribution in [-0.2, 0) is 4.74 Å². The fraction of sp³-hybridized carbons (Fsp3) is 1.00. The maximum absolute atomic E-state index is 9.36. The first-order chi connectivity index (χ1) is 8.54.